The highest BCUT2D eigenvalue weighted by Gasteiger charge is 2.28. The topological polar surface area (TPSA) is 29.1 Å². The molecule has 1 aliphatic rings. The van der Waals surface area contributed by atoms with E-state index in [1.165, 1.54) is 16.7 Å². The van der Waals surface area contributed by atoms with Crippen LogP contribution < -0.4 is 5.32 Å². The first-order valence-corrected chi connectivity index (χ1v) is 6.61. The summed E-state index contributed by atoms with van der Waals surface area (Å²) in [6, 6.07) is 14.3. The molecule has 0 aromatic heterocycles. The molecule has 1 amide bonds. The molecule has 96 valence electrons. The first kappa shape index (κ1) is 12.0. The van der Waals surface area contributed by atoms with Crippen LogP contribution in [0.15, 0.2) is 42.5 Å². The molecule has 19 heavy (non-hydrogen) atoms. The molecule has 1 heterocycles. The summed E-state index contributed by atoms with van der Waals surface area (Å²) in [7, 11) is 0. The van der Waals surface area contributed by atoms with Gasteiger partial charge in [0.1, 0.15) is 0 Å². The Morgan fingerprint density at radius 1 is 1.05 bits per heavy atom. The number of amides is 1. The van der Waals surface area contributed by atoms with E-state index in [9.17, 15) is 4.79 Å². The van der Waals surface area contributed by atoms with Gasteiger partial charge in [-0.3, -0.25) is 4.79 Å². The average molecular weight is 251 g/mol. The third kappa shape index (κ3) is 2.03. The summed E-state index contributed by atoms with van der Waals surface area (Å²) >= 11 is 0. The minimum Gasteiger partial charge on any atom is -0.325 e. The summed E-state index contributed by atoms with van der Waals surface area (Å²) in [5.74, 6) is 0.0307. The van der Waals surface area contributed by atoms with Crippen molar-refractivity contribution in [2.75, 3.05) is 5.32 Å². The molecule has 2 aromatic carbocycles. The summed E-state index contributed by atoms with van der Waals surface area (Å²) in [5, 5.41) is 3.08. The van der Waals surface area contributed by atoms with Gasteiger partial charge in [-0.25, -0.2) is 0 Å². The SMILES string of the molecule is Cc1ccc2c(c1C)NC(=O)C(c1ccccc1)C2. The lowest BCUT2D eigenvalue weighted by Gasteiger charge is -2.27. The van der Waals surface area contributed by atoms with Gasteiger partial charge in [0, 0.05) is 5.69 Å². The Hall–Kier alpha value is -2.09. The molecule has 0 aliphatic carbocycles. The van der Waals surface area contributed by atoms with Gasteiger partial charge in [0.25, 0.3) is 0 Å². The number of carbonyl (C=O) groups is 1. The molecule has 2 nitrogen and oxygen atoms in total. The van der Waals surface area contributed by atoms with Crippen LogP contribution in [-0.2, 0) is 11.2 Å². The van der Waals surface area contributed by atoms with Crippen molar-refractivity contribution in [2.45, 2.75) is 26.2 Å². The Balaban J connectivity index is 2.02. The van der Waals surface area contributed by atoms with Gasteiger partial charge in [-0.15, -0.1) is 0 Å². The van der Waals surface area contributed by atoms with E-state index in [-0.39, 0.29) is 11.8 Å². The fourth-order valence-corrected chi connectivity index (χ4v) is 2.69. The second-order valence-corrected chi connectivity index (χ2v) is 5.20. The van der Waals surface area contributed by atoms with Crippen LogP contribution in [0.3, 0.4) is 0 Å². The third-order valence-corrected chi connectivity index (χ3v) is 4.01. The molecule has 1 unspecified atom stereocenters. The predicted molar refractivity (Wildman–Crippen MR) is 77.4 cm³/mol. The maximum absolute atomic E-state index is 12.3. The molecule has 0 spiro atoms. The quantitative estimate of drug-likeness (QED) is 0.824. The van der Waals surface area contributed by atoms with Gasteiger partial charge in [-0.1, -0.05) is 42.5 Å². The van der Waals surface area contributed by atoms with Crippen LogP contribution >= 0.6 is 0 Å². The number of fused-ring (bicyclic) bond motifs is 1. The van der Waals surface area contributed by atoms with Gasteiger partial charge < -0.3 is 5.32 Å². The smallest absolute Gasteiger partial charge is 0.232 e. The largest absolute Gasteiger partial charge is 0.325 e. The summed E-state index contributed by atoms with van der Waals surface area (Å²) in [5.41, 5.74) is 5.73. The van der Waals surface area contributed by atoms with Crippen molar-refractivity contribution in [1.82, 2.24) is 0 Å². The Bertz CT molecular complexity index is 631. The number of anilines is 1. The van der Waals surface area contributed by atoms with Crippen LogP contribution in [0.1, 0.15) is 28.2 Å². The zero-order valence-electron chi connectivity index (χ0n) is 11.2. The second-order valence-electron chi connectivity index (χ2n) is 5.20. The lowest BCUT2D eigenvalue weighted by molar-refractivity contribution is -0.117. The van der Waals surface area contributed by atoms with Crippen LogP contribution in [-0.4, -0.2) is 5.91 Å². The highest BCUT2D eigenvalue weighted by atomic mass is 16.1. The summed E-state index contributed by atoms with van der Waals surface area (Å²) in [6.45, 7) is 4.14. The van der Waals surface area contributed by atoms with Gasteiger partial charge >= 0.3 is 0 Å². The number of rotatable bonds is 1. The lowest BCUT2D eigenvalue weighted by atomic mass is 9.86. The first-order valence-electron chi connectivity index (χ1n) is 6.61. The van der Waals surface area contributed by atoms with E-state index in [1.807, 2.05) is 30.3 Å². The number of aryl methyl sites for hydroxylation is 1. The first-order chi connectivity index (χ1) is 9.16. The molecular weight excluding hydrogens is 234 g/mol. The summed E-state index contributed by atoms with van der Waals surface area (Å²) in [6.07, 6.45) is 0.784. The van der Waals surface area contributed by atoms with E-state index in [4.69, 9.17) is 0 Å². The van der Waals surface area contributed by atoms with Crippen molar-refractivity contribution in [3.05, 3.63) is 64.7 Å². The molecule has 0 fully saturated rings. The van der Waals surface area contributed by atoms with E-state index in [2.05, 4.69) is 31.3 Å². The molecule has 0 saturated carbocycles. The molecule has 1 aliphatic heterocycles. The maximum atomic E-state index is 12.3. The average Bonchev–Trinajstić information content (AvgIpc) is 2.44. The van der Waals surface area contributed by atoms with Crippen molar-refractivity contribution in [3.63, 3.8) is 0 Å². The second kappa shape index (κ2) is 4.54. The Morgan fingerprint density at radius 2 is 1.79 bits per heavy atom. The van der Waals surface area contributed by atoms with Crippen molar-refractivity contribution >= 4 is 11.6 Å². The fourth-order valence-electron chi connectivity index (χ4n) is 2.69. The van der Waals surface area contributed by atoms with Crippen molar-refractivity contribution in [2.24, 2.45) is 0 Å². The minimum atomic E-state index is -0.0733. The molecule has 0 radical (unpaired) electrons. The Morgan fingerprint density at radius 3 is 2.53 bits per heavy atom. The van der Waals surface area contributed by atoms with E-state index in [1.54, 1.807) is 0 Å². The van der Waals surface area contributed by atoms with Gasteiger partial charge in [0.05, 0.1) is 5.92 Å². The van der Waals surface area contributed by atoms with Crippen molar-refractivity contribution in [1.29, 1.82) is 0 Å². The van der Waals surface area contributed by atoms with E-state index < -0.39 is 0 Å². The Kier molecular flexibility index (Phi) is 2.86. The molecule has 3 rings (SSSR count). The molecule has 2 heteroatoms. The van der Waals surface area contributed by atoms with Crippen molar-refractivity contribution in [3.8, 4) is 0 Å². The number of nitrogens with one attached hydrogen (secondary N) is 1. The number of hydrogen-bond acceptors (Lipinski definition) is 1. The zero-order chi connectivity index (χ0) is 13.4. The lowest BCUT2D eigenvalue weighted by Crippen LogP contribution is -2.28. The number of carbonyl (C=O) groups excluding carboxylic acids is 1. The van der Waals surface area contributed by atoms with E-state index >= 15 is 0 Å². The van der Waals surface area contributed by atoms with Crippen LogP contribution in [0, 0.1) is 13.8 Å². The fraction of sp³-hybridized carbons (Fsp3) is 0.235. The van der Waals surface area contributed by atoms with Crippen molar-refractivity contribution < 1.29 is 4.79 Å². The molecule has 0 saturated heterocycles. The predicted octanol–water partition coefficient (Wildman–Crippen LogP) is 3.58. The molecule has 1 atom stereocenters. The third-order valence-electron chi connectivity index (χ3n) is 4.01. The van der Waals surface area contributed by atoms with Gasteiger partial charge in [0.15, 0.2) is 0 Å². The number of hydrogen-bond donors (Lipinski definition) is 1. The van der Waals surface area contributed by atoms with Crippen LogP contribution in [0.5, 0.6) is 0 Å². The minimum absolute atomic E-state index is 0.0733. The summed E-state index contributed by atoms with van der Waals surface area (Å²) < 4.78 is 0. The van der Waals surface area contributed by atoms with E-state index in [0.29, 0.717) is 0 Å². The normalized spacial score (nSPS) is 17.8. The van der Waals surface area contributed by atoms with Crippen LogP contribution in [0.25, 0.3) is 0 Å². The molecule has 2 aromatic rings. The van der Waals surface area contributed by atoms with Gasteiger partial charge in [-0.05, 0) is 42.5 Å². The highest BCUT2D eigenvalue weighted by molar-refractivity contribution is 5.99. The number of benzene rings is 2. The van der Waals surface area contributed by atoms with Gasteiger partial charge in [0.2, 0.25) is 5.91 Å². The summed E-state index contributed by atoms with van der Waals surface area (Å²) in [4.78, 5) is 12.3. The van der Waals surface area contributed by atoms with E-state index in [0.717, 1.165) is 17.7 Å². The van der Waals surface area contributed by atoms with Crippen LogP contribution in [0.2, 0.25) is 0 Å². The molecule has 0 bridgehead atoms. The zero-order valence-corrected chi connectivity index (χ0v) is 11.2. The standard InChI is InChI=1S/C17H17NO/c1-11-8-9-14-10-15(13-6-4-3-5-7-13)17(19)18-16(14)12(11)2/h3-9,15H,10H2,1-2H3,(H,18,19). The highest BCUT2D eigenvalue weighted by Crippen LogP contribution is 2.34. The Labute approximate surface area is 113 Å². The monoisotopic (exact) mass is 251 g/mol. The maximum Gasteiger partial charge on any atom is 0.232 e. The molecular formula is C17H17NO. The van der Waals surface area contributed by atoms with Gasteiger partial charge in [-0.2, -0.15) is 0 Å². The van der Waals surface area contributed by atoms with Crippen LogP contribution in [0.4, 0.5) is 5.69 Å². The molecule has 1 N–H and O–H groups in total.